The second-order valence-electron chi connectivity index (χ2n) is 5.74. The summed E-state index contributed by atoms with van der Waals surface area (Å²) < 4.78 is 1.52. The SMILES string of the molecule is Cc1cccc(=O)n1C(C(=O)Nc1ccc(C#N)cc1)C(C)C. The summed E-state index contributed by atoms with van der Waals surface area (Å²) in [4.78, 5) is 24.9. The van der Waals surface area contributed by atoms with Gasteiger partial charge in [-0.05, 0) is 43.2 Å². The average Bonchev–Trinajstić information content (AvgIpc) is 2.51. The fourth-order valence-corrected chi connectivity index (χ4v) is 2.52. The molecule has 1 N–H and O–H groups in total. The van der Waals surface area contributed by atoms with Crippen LogP contribution in [0.25, 0.3) is 0 Å². The molecular formula is C18H19N3O2. The average molecular weight is 309 g/mol. The van der Waals surface area contributed by atoms with Gasteiger partial charge in [-0.1, -0.05) is 19.9 Å². The third kappa shape index (κ3) is 3.67. The zero-order valence-electron chi connectivity index (χ0n) is 13.4. The number of nitriles is 1. The molecule has 23 heavy (non-hydrogen) atoms. The van der Waals surface area contributed by atoms with E-state index in [4.69, 9.17) is 5.26 Å². The smallest absolute Gasteiger partial charge is 0.251 e. The highest BCUT2D eigenvalue weighted by atomic mass is 16.2. The molecule has 0 saturated heterocycles. The molecule has 0 aliphatic carbocycles. The zero-order valence-corrected chi connectivity index (χ0v) is 13.4. The lowest BCUT2D eigenvalue weighted by Gasteiger charge is -2.24. The van der Waals surface area contributed by atoms with Crippen molar-refractivity contribution in [2.45, 2.75) is 26.8 Å². The topological polar surface area (TPSA) is 74.9 Å². The maximum Gasteiger partial charge on any atom is 0.251 e. The first-order valence-corrected chi connectivity index (χ1v) is 7.43. The van der Waals surface area contributed by atoms with Gasteiger partial charge < -0.3 is 9.88 Å². The molecule has 0 aliphatic rings. The van der Waals surface area contributed by atoms with Gasteiger partial charge in [0.1, 0.15) is 6.04 Å². The van der Waals surface area contributed by atoms with Crippen LogP contribution in [0.3, 0.4) is 0 Å². The van der Waals surface area contributed by atoms with E-state index < -0.39 is 6.04 Å². The molecule has 1 aromatic heterocycles. The predicted octanol–water partition coefficient (Wildman–Crippen LogP) is 2.86. The third-order valence-electron chi connectivity index (χ3n) is 3.65. The number of aromatic nitrogens is 1. The summed E-state index contributed by atoms with van der Waals surface area (Å²) >= 11 is 0. The molecule has 0 radical (unpaired) electrons. The number of carbonyl (C=O) groups excluding carboxylic acids is 1. The van der Waals surface area contributed by atoms with E-state index in [9.17, 15) is 9.59 Å². The minimum Gasteiger partial charge on any atom is -0.324 e. The lowest BCUT2D eigenvalue weighted by atomic mass is 10.0. The van der Waals surface area contributed by atoms with Crippen LogP contribution in [0.15, 0.2) is 47.3 Å². The standard InChI is InChI=1S/C18H19N3O2/c1-12(2)17(21-13(3)5-4-6-16(21)22)18(23)20-15-9-7-14(11-19)8-10-15/h4-10,12,17H,1-3H3,(H,20,23). The molecule has 1 amide bonds. The van der Waals surface area contributed by atoms with Crippen molar-refractivity contribution in [1.82, 2.24) is 4.57 Å². The van der Waals surface area contributed by atoms with E-state index >= 15 is 0 Å². The normalized spacial score (nSPS) is 11.8. The fourth-order valence-electron chi connectivity index (χ4n) is 2.52. The van der Waals surface area contributed by atoms with Gasteiger partial charge in [-0.2, -0.15) is 5.26 Å². The molecule has 5 nitrogen and oxygen atoms in total. The second-order valence-corrected chi connectivity index (χ2v) is 5.74. The van der Waals surface area contributed by atoms with Crippen molar-refractivity contribution in [3.8, 4) is 6.07 Å². The Morgan fingerprint density at radius 2 is 1.83 bits per heavy atom. The summed E-state index contributed by atoms with van der Waals surface area (Å²) in [7, 11) is 0. The summed E-state index contributed by atoms with van der Waals surface area (Å²) in [5.74, 6) is -0.298. The molecule has 0 bridgehead atoms. The molecule has 1 atom stereocenters. The Bertz CT molecular complexity index is 798. The molecule has 0 spiro atoms. The van der Waals surface area contributed by atoms with Gasteiger partial charge >= 0.3 is 0 Å². The summed E-state index contributed by atoms with van der Waals surface area (Å²) in [6.45, 7) is 5.62. The van der Waals surface area contributed by atoms with Crippen molar-refractivity contribution in [3.05, 3.63) is 64.1 Å². The number of pyridine rings is 1. The lowest BCUT2D eigenvalue weighted by molar-refractivity contribution is -0.120. The number of rotatable bonds is 4. The van der Waals surface area contributed by atoms with Crippen LogP contribution < -0.4 is 10.9 Å². The maximum absolute atomic E-state index is 12.7. The molecule has 0 aliphatic heterocycles. The molecular weight excluding hydrogens is 290 g/mol. The Hall–Kier alpha value is -2.87. The quantitative estimate of drug-likeness (QED) is 0.943. The minimum absolute atomic E-state index is 0.0489. The van der Waals surface area contributed by atoms with Gasteiger partial charge in [0.25, 0.3) is 5.56 Å². The summed E-state index contributed by atoms with van der Waals surface area (Å²) in [6.07, 6.45) is 0. The number of amides is 1. The van der Waals surface area contributed by atoms with E-state index in [-0.39, 0.29) is 17.4 Å². The Balaban J connectivity index is 2.32. The number of nitrogens with one attached hydrogen (secondary N) is 1. The highest BCUT2D eigenvalue weighted by molar-refractivity contribution is 5.94. The summed E-state index contributed by atoms with van der Waals surface area (Å²) in [5, 5.41) is 11.6. The van der Waals surface area contributed by atoms with Gasteiger partial charge in [-0.25, -0.2) is 0 Å². The molecule has 2 aromatic rings. The van der Waals surface area contributed by atoms with Gasteiger partial charge in [0, 0.05) is 17.4 Å². The number of nitrogens with zero attached hydrogens (tertiary/aromatic N) is 2. The second kappa shape index (κ2) is 6.93. The fraction of sp³-hybridized carbons (Fsp3) is 0.278. The summed E-state index contributed by atoms with van der Waals surface area (Å²) in [6, 6.07) is 13.0. The van der Waals surface area contributed by atoms with Crippen molar-refractivity contribution in [2.75, 3.05) is 5.32 Å². The lowest BCUT2D eigenvalue weighted by Crippen LogP contribution is -2.37. The third-order valence-corrected chi connectivity index (χ3v) is 3.65. The maximum atomic E-state index is 12.7. The zero-order chi connectivity index (χ0) is 17.0. The Labute approximate surface area is 135 Å². The Morgan fingerprint density at radius 3 is 2.35 bits per heavy atom. The van der Waals surface area contributed by atoms with E-state index in [0.717, 1.165) is 5.69 Å². The van der Waals surface area contributed by atoms with E-state index in [1.54, 1.807) is 30.3 Å². The number of benzene rings is 1. The first-order valence-electron chi connectivity index (χ1n) is 7.43. The number of hydrogen-bond donors (Lipinski definition) is 1. The van der Waals surface area contributed by atoms with Crippen LogP contribution in [0.4, 0.5) is 5.69 Å². The molecule has 118 valence electrons. The van der Waals surface area contributed by atoms with Crippen LogP contribution >= 0.6 is 0 Å². The number of anilines is 1. The number of aryl methyl sites for hydroxylation is 1. The molecule has 5 heteroatoms. The summed E-state index contributed by atoms with van der Waals surface area (Å²) in [5.41, 5.74) is 1.67. The van der Waals surface area contributed by atoms with Crippen molar-refractivity contribution < 1.29 is 4.79 Å². The highest BCUT2D eigenvalue weighted by Crippen LogP contribution is 2.20. The number of carbonyl (C=O) groups is 1. The molecule has 1 unspecified atom stereocenters. The molecule has 1 aromatic carbocycles. The largest absolute Gasteiger partial charge is 0.324 e. The first-order chi connectivity index (χ1) is 10.9. The van der Waals surface area contributed by atoms with Crippen LogP contribution in [-0.4, -0.2) is 10.5 Å². The van der Waals surface area contributed by atoms with Gasteiger partial charge in [-0.15, -0.1) is 0 Å². The predicted molar refractivity (Wildman–Crippen MR) is 89.1 cm³/mol. The van der Waals surface area contributed by atoms with Gasteiger partial charge in [0.05, 0.1) is 11.6 Å². The highest BCUT2D eigenvalue weighted by Gasteiger charge is 2.26. The van der Waals surface area contributed by atoms with Gasteiger partial charge in [0.15, 0.2) is 0 Å². The van der Waals surface area contributed by atoms with Crippen LogP contribution in [-0.2, 0) is 4.79 Å². The minimum atomic E-state index is -0.598. The van der Waals surface area contributed by atoms with Crippen molar-refractivity contribution in [2.24, 2.45) is 5.92 Å². The van der Waals surface area contributed by atoms with Crippen molar-refractivity contribution >= 4 is 11.6 Å². The van der Waals surface area contributed by atoms with Crippen LogP contribution in [0.1, 0.15) is 31.1 Å². The van der Waals surface area contributed by atoms with E-state index in [1.807, 2.05) is 32.9 Å². The van der Waals surface area contributed by atoms with E-state index in [2.05, 4.69) is 5.32 Å². The molecule has 0 saturated carbocycles. The van der Waals surface area contributed by atoms with Crippen LogP contribution in [0.5, 0.6) is 0 Å². The van der Waals surface area contributed by atoms with Gasteiger partial charge in [0.2, 0.25) is 5.91 Å². The Morgan fingerprint density at radius 1 is 1.17 bits per heavy atom. The van der Waals surface area contributed by atoms with Crippen LogP contribution in [0, 0.1) is 24.2 Å². The van der Waals surface area contributed by atoms with E-state index in [0.29, 0.717) is 11.3 Å². The first kappa shape index (κ1) is 16.5. The Kier molecular flexibility index (Phi) is 4.97. The molecule has 0 fully saturated rings. The van der Waals surface area contributed by atoms with Gasteiger partial charge in [-0.3, -0.25) is 9.59 Å². The number of hydrogen-bond acceptors (Lipinski definition) is 3. The van der Waals surface area contributed by atoms with E-state index in [1.165, 1.54) is 10.6 Å². The van der Waals surface area contributed by atoms with Crippen molar-refractivity contribution in [1.29, 1.82) is 5.26 Å². The monoisotopic (exact) mass is 309 g/mol. The van der Waals surface area contributed by atoms with Crippen molar-refractivity contribution in [3.63, 3.8) is 0 Å². The molecule has 1 heterocycles. The van der Waals surface area contributed by atoms with Crippen LogP contribution in [0.2, 0.25) is 0 Å². The molecule has 2 rings (SSSR count).